The summed E-state index contributed by atoms with van der Waals surface area (Å²) in [6.07, 6.45) is 0. The number of thiophene rings is 2. The second kappa shape index (κ2) is 6.41. The Bertz CT molecular complexity index is 1630. The van der Waals surface area contributed by atoms with Crippen molar-refractivity contribution >= 4 is 63.0 Å². The van der Waals surface area contributed by atoms with Gasteiger partial charge in [0.15, 0.2) is 0 Å². The van der Waals surface area contributed by atoms with E-state index in [1.807, 2.05) is 22.7 Å². The zero-order valence-electron chi connectivity index (χ0n) is 17.6. The Labute approximate surface area is 184 Å². The second-order valence-corrected chi connectivity index (χ2v) is 10.6. The topological polar surface area (TPSA) is 0 Å². The fourth-order valence-electron chi connectivity index (χ4n) is 4.87. The molecule has 2 heterocycles. The lowest BCUT2D eigenvalue weighted by atomic mass is 9.95. The van der Waals surface area contributed by atoms with E-state index < -0.39 is 0 Å². The molecule has 2 heteroatoms. The van der Waals surface area contributed by atoms with E-state index in [1.54, 1.807) is 0 Å². The third-order valence-corrected chi connectivity index (χ3v) is 8.75. The van der Waals surface area contributed by atoms with Gasteiger partial charge in [-0.25, -0.2) is 0 Å². The first-order valence-electron chi connectivity index (χ1n) is 10.4. The second-order valence-electron chi connectivity index (χ2n) is 8.43. The third-order valence-electron chi connectivity index (χ3n) is 6.36. The van der Waals surface area contributed by atoms with E-state index in [-0.39, 0.29) is 0 Å². The minimum atomic E-state index is 1.33. The van der Waals surface area contributed by atoms with Gasteiger partial charge >= 0.3 is 0 Å². The van der Waals surface area contributed by atoms with Crippen molar-refractivity contribution in [1.82, 2.24) is 0 Å². The van der Waals surface area contributed by atoms with E-state index in [9.17, 15) is 0 Å². The number of rotatable bonds is 1. The van der Waals surface area contributed by atoms with Crippen molar-refractivity contribution in [2.45, 2.75) is 27.7 Å². The molecule has 0 saturated heterocycles. The highest BCUT2D eigenvalue weighted by molar-refractivity contribution is 7.26. The van der Waals surface area contributed by atoms with E-state index >= 15 is 0 Å². The smallest absolute Gasteiger partial charge is 0.0390 e. The minimum Gasteiger partial charge on any atom is -0.135 e. The minimum absolute atomic E-state index is 1.33. The largest absolute Gasteiger partial charge is 0.135 e. The Morgan fingerprint density at radius 2 is 1.40 bits per heavy atom. The molecule has 0 nitrogen and oxygen atoms in total. The summed E-state index contributed by atoms with van der Waals surface area (Å²) in [6.45, 7) is 8.95. The molecule has 0 unspecified atom stereocenters. The first-order chi connectivity index (χ1) is 14.5. The quantitative estimate of drug-likeness (QED) is 0.247. The number of aryl methyl sites for hydroxylation is 4. The van der Waals surface area contributed by atoms with Crippen molar-refractivity contribution in [1.29, 1.82) is 0 Å². The molecule has 0 saturated carbocycles. The first-order valence-corrected chi connectivity index (χ1v) is 12.0. The summed E-state index contributed by atoms with van der Waals surface area (Å²) >= 11 is 3.84. The maximum atomic E-state index is 2.40. The predicted octanol–water partition coefficient (Wildman–Crippen LogP) is 9.32. The molecular weight excluding hydrogens is 400 g/mol. The van der Waals surface area contributed by atoms with Crippen molar-refractivity contribution in [3.05, 3.63) is 82.9 Å². The van der Waals surface area contributed by atoms with Gasteiger partial charge in [-0.05, 0) is 79.3 Å². The molecule has 0 aliphatic heterocycles. The van der Waals surface area contributed by atoms with Gasteiger partial charge in [-0.15, -0.1) is 22.7 Å². The maximum Gasteiger partial charge on any atom is 0.0390 e. The summed E-state index contributed by atoms with van der Waals surface area (Å²) in [5, 5.41) is 5.61. The molecule has 6 rings (SSSR count). The van der Waals surface area contributed by atoms with Crippen LogP contribution in [0, 0.1) is 27.7 Å². The van der Waals surface area contributed by atoms with E-state index in [2.05, 4.69) is 88.4 Å². The van der Waals surface area contributed by atoms with Gasteiger partial charge < -0.3 is 0 Å². The predicted molar refractivity (Wildman–Crippen MR) is 137 cm³/mol. The summed E-state index contributed by atoms with van der Waals surface area (Å²) in [5.74, 6) is 0. The van der Waals surface area contributed by atoms with Gasteiger partial charge in [0.2, 0.25) is 0 Å². The number of hydrogen-bond acceptors (Lipinski definition) is 2. The molecule has 30 heavy (non-hydrogen) atoms. The van der Waals surface area contributed by atoms with E-state index in [4.69, 9.17) is 0 Å². The fraction of sp³-hybridized carbons (Fsp3) is 0.143. The van der Waals surface area contributed by atoms with Crippen LogP contribution in [0.4, 0.5) is 0 Å². The Morgan fingerprint density at radius 3 is 2.27 bits per heavy atom. The van der Waals surface area contributed by atoms with Crippen LogP contribution < -0.4 is 0 Å². The maximum absolute atomic E-state index is 2.40. The van der Waals surface area contributed by atoms with Crippen LogP contribution in [0.5, 0.6) is 0 Å². The van der Waals surface area contributed by atoms with Gasteiger partial charge in [0.05, 0.1) is 0 Å². The van der Waals surface area contributed by atoms with E-state index in [0.29, 0.717) is 0 Å². The zero-order chi connectivity index (χ0) is 20.6. The van der Waals surface area contributed by atoms with E-state index in [0.717, 1.165) is 0 Å². The molecule has 0 spiro atoms. The van der Waals surface area contributed by atoms with Crippen molar-refractivity contribution in [2.24, 2.45) is 0 Å². The summed E-state index contributed by atoms with van der Waals surface area (Å²) < 4.78 is 5.58. The highest BCUT2D eigenvalue weighted by atomic mass is 32.1. The molecule has 2 aromatic heterocycles. The van der Waals surface area contributed by atoms with Gasteiger partial charge in [0, 0.05) is 40.3 Å². The van der Waals surface area contributed by atoms with Crippen LogP contribution in [0.3, 0.4) is 0 Å². The molecule has 0 aliphatic carbocycles. The standard InChI is InChI=1S/C28H22S2/c1-15-8-9-21-22-11-10-20(18(4)28(22)30-24(21)12-15)19-13-17(3)27-25(14-19)29-23-7-5-6-16(2)26(23)27/h5-14H,1-4H3. The van der Waals surface area contributed by atoms with Crippen LogP contribution in [0.1, 0.15) is 22.3 Å². The third kappa shape index (κ3) is 2.50. The zero-order valence-corrected chi connectivity index (χ0v) is 19.2. The van der Waals surface area contributed by atoms with Crippen molar-refractivity contribution in [3.8, 4) is 11.1 Å². The SMILES string of the molecule is Cc1ccc2c(c1)sc1c(C)c(-c3cc(C)c4c(c3)sc3cccc(C)c34)ccc12. The van der Waals surface area contributed by atoms with Crippen LogP contribution in [-0.2, 0) is 0 Å². The van der Waals surface area contributed by atoms with Gasteiger partial charge in [-0.3, -0.25) is 0 Å². The molecule has 0 amide bonds. The molecule has 0 N–H and O–H groups in total. The van der Waals surface area contributed by atoms with Crippen molar-refractivity contribution in [3.63, 3.8) is 0 Å². The Hall–Kier alpha value is -2.68. The molecular formula is C28H22S2. The molecule has 0 bridgehead atoms. The molecule has 0 fully saturated rings. The monoisotopic (exact) mass is 422 g/mol. The Kier molecular flexibility index (Phi) is 3.87. The number of benzene rings is 4. The summed E-state index contributed by atoms with van der Waals surface area (Å²) in [5.41, 5.74) is 8.14. The highest BCUT2D eigenvalue weighted by Gasteiger charge is 2.15. The lowest BCUT2D eigenvalue weighted by Gasteiger charge is -2.10. The number of hydrogen-bond donors (Lipinski definition) is 0. The van der Waals surface area contributed by atoms with Crippen LogP contribution in [0.2, 0.25) is 0 Å². The van der Waals surface area contributed by atoms with Crippen LogP contribution in [-0.4, -0.2) is 0 Å². The summed E-state index contributed by atoms with van der Waals surface area (Å²) in [7, 11) is 0. The van der Waals surface area contributed by atoms with Gasteiger partial charge in [-0.2, -0.15) is 0 Å². The average molecular weight is 423 g/mol. The van der Waals surface area contributed by atoms with Gasteiger partial charge in [-0.1, -0.05) is 42.5 Å². The molecule has 0 aliphatic rings. The normalized spacial score (nSPS) is 12.0. The number of fused-ring (bicyclic) bond motifs is 6. The summed E-state index contributed by atoms with van der Waals surface area (Å²) in [4.78, 5) is 0. The fourth-order valence-corrected chi connectivity index (χ4v) is 7.47. The highest BCUT2D eigenvalue weighted by Crippen LogP contribution is 2.43. The van der Waals surface area contributed by atoms with Crippen LogP contribution in [0.15, 0.2) is 60.7 Å². The van der Waals surface area contributed by atoms with Gasteiger partial charge in [0.25, 0.3) is 0 Å². The van der Waals surface area contributed by atoms with Crippen LogP contribution >= 0.6 is 22.7 Å². The molecule has 6 aromatic rings. The van der Waals surface area contributed by atoms with E-state index in [1.165, 1.54) is 73.7 Å². The Balaban J connectivity index is 1.63. The van der Waals surface area contributed by atoms with Crippen LogP contribution in [0.25, 0.3) is 51.5 Å². The molecule has 0 atom stereocenters. The average Bonchev–Trinajstić information content (AvgIpc) is 3.27. The first kappa shape index (κ1) is 18.1. The lowest BCUT2D eigenvalue weighted by molar-refractivity contribution is 1.49. The summed E-state index contributed by atoms with van der Waals surface area (Å²) in [6, 6.07) is 22.9. The molecule has 146 valence electrons. The lowest BCUT2D eigenvalue weighted by Crippen LogP contribution is -1.86. The van der Waals surface area contributed by atoms with Crippen molar-refractivity contribution < 1.29 is 0 Å². The van der Waals surface area contributed by atoms with Crippen molar-refractivity contribution in [2.75, 3.05) is 0 Å². The Morgan fingerprint density at radius 1 is 0.600 bits per heavy atom. The molecule has 0 radical (unpaired) electrons. The molecule has 4 aromatic carbocycles. The van der Waals surface area contributed by atoms with Gasteiger partial charge in [0.1, 0.15) is 0 Å².